The van der Waals surface area contributed by atoms with Gasteiger partial charge in [0.25, 0.3) is 0 Å². The first-order valence-electron chi connectivity index (χ1n) is 12.2. The minimum Gasteiger partial charge on any atom is -0.449 e. The van der Waals surface area contributed by atoms with Crippen molar-refractivity contribution in [3.05, 3.63) is 77.6 Å². The molecule has 4 aromatic rings. The minimum absolute atomic E-state index is 0.297. The molecule has 1 N–H and O–H groups in total. The lowest BCUT2D eigenvalue weighted by atomic mass is 10.0. The number of aromatic nitrogens is 2. The molecule has 0 saturated carbocycles. The lowest BCUT2D eigenvalue weighted by Crippen LogP contribution is -2.38. The highest BCUT2D eigenvalue weighted by Gasteiger charge is 2.18. The number of nitrogens with zero attached hydrogens (tertiary/aromatic N) is 6. The van der Waals surface area contributed by atoms with E-state index in [2.05, 4.69) is 28.6 Å². The van der Waals surface area contributed by atoms with Crippen LogP contribution >= 0.6 is 0 Å². The van der Waals surface area contributed by atoms with E-state index in [0.29, 0.717) is 23.8 Å². The zero-order valence-corrected chi connectivity index (χ0v) is 22.1. The van der Waals surface area contributed by atoms with E-state index in [4.69, 9.17) is 20.1 Å². The molecule has 0 bridgehead atoms. The molecule has 194 valence electrons. The Morgan fingerprint density at radius 3 is 2.47 bits per heavy atom. The van der Waals surface area contributed by atoms with Crippen molar-refractivity contribution in [2.24, 2.45) is 4.99 Å². The Morgan fingerprint density at radius 1 is 1.13 bits per heavy atom. The second-order valence-electron chi connectivity index (χ2n) is 9.12. The summed E-state index contributed by atoms with van der Waals surface area (Å²) in [5.41, 5.74) is 6.55. The fourth-order valence-corrected chi connectivity index (χ4v) is 4.56. The van der Waals surface area contributed by atoms with Gasteiger partial charge in [0.1, 0.15) is 11.6 Å². The molecule has 1 heterocycles. The Balaban J connectivity index is 1.72. The van der Waals surface area contributed by atoms with Crippen molar-refractivity contribution in [3.8, 4) is 23.1 Å². The van der Waals surface area contributed by atoms with E-state index in [-0.39, 0.29) is 0 Å². The number of ether oxygens (including phenoxy) is 1. The average molecular weight is 511 g/mol. The number of fused-ring (bicyclic) bond motifs is 1. The normalized spacial score (nSPS) is 11.3. The molecule has 1 aromatic heterocycles. The number of hydrogen-bond acceptors (Lipinski definition) is 5. The zero-order chi connectivity index (χ0) is 27.4. The number of anilines is 1. The first-order chi connectivity index (χ1) is 18.2. The van der Waals surface area contributed by atoms with E-state index < -0.39 is 6.16 Å². The Bertz CT molecular complexity index is 1550. The van der Waals surface area contributed by atoms with Gasteiger partial charge in [-0.1, -0.05) is 49.4 Å². The molecule has 0 saturated heterocycles. The number of benzene rings is 3. The number of hydrogen-bond donors (Lipinski definition) is 1. The largest absolute Gasteiger partial charge is 0.511 e. The first-order valence-corrected chi connectivity index (χ1v) is 12.2. The summed E-state index contributed by atoms with van der Waals surface area (Å²) in [4.78, 5) is 23.7. The van der Waals surface area contributed by atoms with Crippen molar-refractivity contribution in [1.82, 2.24) is 14.5 Å². The Morgan fingerprint density at radius 2 is 1.84 bits per heavy atom. The minimum atomic E-state index is -1.34. The van der Waals surface area contributed by atoms with Crippen LogP contribution in [0, 0.1) is 18.4 Å². The molecular weight excluding hydrogens is 480 g/mol. The molecule has 0 aliphatic rings. The van der Waals surface area contributed by atoms with Crippen LogP contribution in [0.2, 0.25) is 0 Å². The van der Waals surface area contributed by atoms with Crippen LogP contribution in [0.4, 0.5) is 10.5 Å². The molecule has 0 unspecified atom stereocenters. The van der Waals surface area contributed by atoms with Crippen LogP contribution in [0.5, 0.6) is 5.75 Å². The number of aliphatic imine (C=N–C) groups is 1. The van der Waals surface area contributed by atoms with Crippen LogP contribution in [0.3, 0.4) is 0 Å². The predicted octanol–water partition coefficient (Wildman–Crippen LogP) is 5.51. The van der Waals surface area contributed by atoms with Gasteiger partial charge in [0.05, 0.1) is 11.0 Å². The predicted molar refractivity (Wildman–Crippen MR) is 149 cm³/mol. The van der Waals surface area contributed by atoms with Gasteiger partial charge in [-0.05, 0) is 41.8 Å². The van der Waals surface area contributed by atoms with E-state index in [0.717, 1.165) is 45.7 Å². The molecule has 0 radical (unpaired) electrons. The SMILES string of the molecule is CCc1nc2c(C)cc(N(C)C(=NC#N)N(C)C)cc2n1Cc1ccc(-c2ccccc2OC(=O)O)cc1. The van der Waals surface area contributed by atoms with Gasteiger partial charge in [0, 0.05) is 45.4 Å². The number of aryl methyl sites for hydroxylation is 2. The van der Waals surface area contributed by atoms with Gasteiger partial charge in [-0.15, -0.1) is 4.99 Å². The lowest BCUT2D eigenvalue weighted by Gasteiger charge is -2.26. The summed E-state index contributed by atoms with van der Waals surface area (Å²) in [6.45, 7) is 4.75. The van der Waals surface area contributed by atoms with E-state index in [1.807, 2.05) is 75.6 Å². The summed E-state index contributed by atoms with van der Waals surface area (Å²) in [5.74, 6) is 1.81. The average Bonchev–Trinajstić information content (AvgIpc) is 3.25. The summed E-state index contributed by atoms with van der Waals surface area (Å²) < 4.78 is 7.17. The summed E-state index contributed by atoms with van der Waals surface area (Å²) in [5, 5.41) is 18.2. The summed E-state index contributed by atoms with van der Waals surface area (Å²) in [6.07, 6.45) is 1.32. The topological polar surface area (TPSA) is 107 Å². The highest BCUT2D eigenvalue weighted by molar-refractivity contribution is 5.98. The third kappa shape index (κ3) is 5.30. The molecule has 9 nitrogen and oxygen atoms in total. The quantitative estimate of drug-likeness (QED) is 0.120. The second-order valence-corrected chi connectivity index (χ2v) is 9.12. The van der Waals surface area contributed by atoms with E-state index in [1.54, 1.807) is 17.0 Å². The Labute approximate surface area is 221 Å². The van der Waals surface area contributed by atoms with Crippen molar-refractivity contribution in [2.45, 2.75) is 26.8 Å². The molecule has 38 heavy (non-hydrogen) atoms. The molecule has 0 spiro atoms. The fourth-order valence-electron chi connectivity index (χ4n) is 4.56. The van der Waals surface area contributed by atoms with Crippen molar-refractivity contribution in [1.29, 1.82) is 5.26 Å². The van der Waals surface area contributed by atoms with E-state index in [1.165, 1.54) is 0 Å². The van der Waals surface area contributed by atoms with Crippen LogP contribution < -0.4 is 9.64 Å². The van der Waals surface area contributed by atoms with Crippen LogP contribution in [0.1, 0.15) is 23.9 Å². The van der Waals surface area contributed by atoms with Gasteiger partial charge >= 0.3 is 6.16 Å². The molecule has 3 aromatic carbocycles. The van der Waals surface area contributed by atoms with Gasteiger partial charge in [-0.2, -0.15) is 5.26 Å². The monoisotopic (exact) mass is 510 g/mol. The number of nitriles is 1. The van der Waals surface area contributed by atoms with Gasteiger partial charge in [-0.3, -0.25) is 0 Å². The number of para-hydroxylation sites is 1. The number of imidazole rings is 1. The second kappa shape index (κ2) is 11.0. The van der Waals surface area contributed by atoms with Crippen LogP contribution in [0.15, 0.2) is 65.7 Å². The molecule has 9 heteroatoms. The highest BCUT2D eigenvalue weighted by Crippen LogP contribution is 2.31. The van der Waals surface area contributed by atoms with Crippen molar-refractivity contribution in [2.75, 3.05) is 26.0 Å². The van der Waals surface area contributed by atoms with E-state index >= 15 is 0 Å². The molecule has 0 aliphatic carbocycles. The summed E-state index contributed by atoms with van der Waals surface area (Å²) in [7, 11) is 5.60. The number of carbonyl (C=O) groups is 1. The zero-order valence-electron chi connectivity index (χ0n) is 22.1. The standard InChI is InChI=1S/C29H30N6O3/c1-6-26-32-27-19(2)15-22(34(5)28(31-18-30)33(3)4)16-24(27)35(26)17-20-11-13-21(14-12-20)23-9-7-8-10-25(23)38-29(36)37/h7-16H,6,17H2,1-5H3,(H,36,37). The number of carboxylic acid groups (broad SMARTS) is 1. The van der Waals surface area contributed by atoms with Crippen molar-refractivity contribution in [3.63, 3.8) is 0 Å². The van der Waals surface area contributed by atoms with Crippen LogP contribution in [0.25, 0.3) is 22.2 Å². The molecule has 4 rings (SSSR count). The molecule has 0 fully saturated rings. The Hall–Kier alpha value is -4.84. The molecule has 0 aliphatic heterocycles. The van der Waals surface area contributed by atoms with Crippen LogP contribution in [-0.4, -0.2) is 52.8 Å². The third-order valence-corrected chi connectivity index (χ3v) is 6.35. The van der Waals surface area contributed by atoms with Crippen LogP contribution in [-0.2, 0) is 13.0 Å². The van der Waals surface area contributed by atoms with E-state index in [9.17, 15) is 4.79 Å². The first kappa shape index (κ1) is 26.2. The molecular formula is C29H30N6O3. The smallest absolute Gasteiger partial charge is 0.449 e. The summed E-state index contributed by atoms with van der Waals surface area (Å²) >= 11 is 0. The fraction of sp³-hybridized carbons (Fsp3) is 0.241. The maximum absolute atomic E-state index is 11.1. The highest BCUT2D eigenvalue weighted by atomic mass is 16.7. The van der Waals surface area contributed by atoms with Gasteiger partial charge in [0.2, 0.25) is 12.2 Å². The number of guanidine groups is 1. The third-order valence-electron chi connectivity index (χ3n) is 6.35. The van der Waals surface area contributed by atoms with Crippen molar-refractivity contribution >= 4 is 28.8 Å². The van der Waals surface area contributed by atoms with Gasteiger partial charge in [0.15, 0.2) is 0 Å². The number of rotatable bonds is 6. The maximum Gasteiger partial charge on any atom is 0.511 e. The summed E-state index contributed by atoms with van der Waals surface area (Å²) in [6, 6.07) is 19.2. The molecule has 0 atom stereocenters. The van der Waals surface area contributed by atoms with Gasteiger partial charge in [-0.25, -0.2) is 9.78 Å². The van der Waals surface area contributed by atoms with Crippen molar-refractivity contribution < 1.29 is 14.6 Å². The maximum atomic E-state index is 11.1. The Kier molecular flexibility index (Phi) is 7.63. The molecule has 0 amide bonds. The lowest BCUT2D eigenvalue weighted by molar-refractivity contribution is 0.144. The van der Waals surface area contributed by atoms with Gasteiger partial charge < -0.3 is 24.2 Å².